The molecule has 0 saturated carbocycles. The zero-order chi connectivity index (χ0) is 14.8. The van der Waals surface area contributed by atoms with Crippen LogP contribution in [0.25, 0.3) is 0 Å². The van der Waals surface area contributed by atoms with Crippen molar-refractivity contribution in [2.75, 3.05) is 13.6 Å². The third kappa shape index (κ3) is 9.57. The van der Waals surface area contributed by atoms with Gasteiger partial charge < -0.3 is 15.7 Å². The molecule has 0 aromatic rings. The van der Waals surface area contributed by atoms with Gasteiger partial charge >= 0.3 is 12.0 Å². The molecule has 0 heterocycles. The number of nitrogens with one attached hydrogen (secondary N) is 3. The molecule has 0 aliphatic heterocycles. The molecule has 0 spiro atoms. The second-order valence-electron chi connectivity index (χ2n) is 4.13. The number of carbonyl (C=O) groups is 4. The minimum Gasteiger partial charge on any atom is -0.481 e. The molecule has 0 aromatic heterocycles. The van der Waals surface area contributed by atoms with Gasteiger partial charge in [-0.15, -0.1) is 0 Å². The first-order valence-electron chi connectivity index (χ1n) is 5.85. The second kappa shape index (κ2) is 8.90. The fraction of sp³-hybridized carbons (Fsp3) is 0.636. The Morgan fingerprint density at radius 2 is 1.74 bits per heavy atom. The molecule has 0 aromatic carbocycles. The molecule has 108 valence electrons. The fourth-order valence-electron chi connectivity index (χ4n) is 1.32. The second-order valence-corrected chi connectivity index (χ2v) is 4.13. The van der Waals surface area contributed by atoms with Gasteiger partial charge in [-0.3, -0.25) is 19.7 Å². The first kappa shape index (κ1) is 16.9. The van der Waals surface area contributed by atoms with Gasteiger partial charge in [-0.1, -0.05) is 6.92 Å². The Bertz CT molecular complexity index is 356. The van der Waals surface area contributed by atoms with Crippen molar-refractivity contribution in [1.82, 2.24) is 16.0 Å². The van der Waals surface area contributed by atoms with Gasteiger partial charge in [0.2, 0.25) is 11.8 Å². The molecule has 0 radical (unpaired) electrons. The molecular weight excluding hydrogens is 254 g/mol. The van der Waals surface area contributed by atoms with Crippen LogP contribution in [0.1, 0.15) is 26.2 Å². The normalized spacial score (nSPS) is 11.3. The largest absolute Gasteiger partial charge is 0.481 e. The first-order chi connectivity index (χ1) is 8.85. The quantitative estimate of drug-likeness (QED) is 0.495. The maximum absolute atomic E-state index is 11.4. The van der Waals surface area contributed by atoms with Crippen LogP contribution in [-0.4, -0.2) is 42.5 Å². The van der Waals surface area contributed by atoms with Crippen molar-refractivity contribution in [2.45, 2.75) is 26.2 Å². The zero-order valence-corrected chi connectivity index (χ0v) is 11.0. The van der Waals surface area contributed by atoms with E-state index in [0.29, 0.717) is 0 Å². The highest BCUT2D eigenvalue weighted by Crippen LogP contribution is 2.06. The highest BCUT2D eigenvalue weighted by molar-refractivity contribution is 5.94. The van der Waals surface area contributed by atoms with E-state index in [9.17, 15) is 19.2 Å². The van der Waals surface area contributed by atoms with E-state index in [4.69, 9.17) is 5.11 Å². The van der Waals surface area contributed by atoms with E-state index in [0.717, 1.165) is 0 Å². The topological polar surface area (TPSA) is 125 Å². The van der Waals surface area contributed by atoms with Crippen molar-refractivity contribution >= 4 is 23.8 Å². The minimum absolute atomic E-state index is 0.0465. The maximum atomic E-state index is 11.4. The van der Waals surface area contributed by atoms with Crippen molar-refractivity contribution in [2.24, 2.45) is 5.92 Å². The van der Waals surface area contributed by atoms with E-state index in [1.54, 1.807) is 6.92 Å². The third-order valence-electron chi connectivity index (χ3n) is 2.23. The van der Waals surface area contributed by atoms with Crippen molar-refractivity contribution in [3.63, 3.8) is 0 Å². The number of carbonyl (C=O) groups excluding carboxylic acids is 3. The van der Waals surface area contributed by atoms with Crippen LogP contribution in [0.3, 0.4) is 0 Å². The minimum atomic E-state index is -0.990. The summed E-state index contributed by atoms with van der Waals surface area (Å²) in [6, 6.07) is -0.698. The van der Waals surface area contributed by atoms with Gasteiger partial charge in [0.1, 0.15) is 0 Å². The van der Waals surface area contributed by atoms with Crippen molar-refractivity contribution < 1.29 is 24.3 Å². The Kier molecular flexibility index (Phi) is 7.90. The molecule has 0 aliphatic rings. The lowest BCUT2D eigenvalue weighted by atomic mass is 10.0. The highest BCUT2D eigenvalue weighted by Gasteiger charge is 2.14. The number of hydrogen-bond donors (Lipinski definition) is 4. The Morgan fingerprint density at radius 3 is 2.26 bits per heavy atom. The van der Waals surface area contributed by atoms with Crippen LogP contribution in [-0.2, 0) is 14.4 Å². The molecule has 4 N–H and O–H groups in total. The smallest absolute Gasteiger partial charge is 0.321 e. The number of urea groups is 1. The summed E-state index contributed by atoms with van der Waals surface area (Å²) in [5.74, 6) is -2.11. The predicted octanol–water partition coefficient (Wildman–Crippen LogP) is -0.551. The van der Waals surface area contributed by atoms with Crippen LogP contribution in [0, 0.1) is 5.92 Å². The number of carboxylic acids is 1. The maximum Gasteiger partial charge on any atom is 0.321 e. The van der Waals surface area contributed by atoms with E-state index >= 15 is 0 Å². The molecule has 8 heteroatoms. The van der Waals surface area contributed by atoms with Crippen molar-refractivity contribution in [3.8, 4) is 0 Å². The lowest BCUT2D eigenvalue weighted by molar-refractivity contribution is -0.138. The highest BCUT2D eigenvalue weighted by atomic mass is 16.4. The molecule has 0 aliphatic carbocycles. The van der Waals surface area contributed by atoms with Gasteiger partial charge in [0.15, 0.2) is 0 Å². The molecule has 0 saturated heterocycles. The first-order valence-corrected chi connectivity index (χ1v) is 5.85. The van der Waals surface area contributed by atoms with Crippen LogP contribution >= 0.6 is 0 Å². The number of hydrogen-bond acceptors (Lipinski definition) is 4. The summed E-state index contributed by atoms with van der Waals surface area (Å²) in [7, 11) is 1.48. The average molecular weight is 273 g/mol. The van der Waals surface area contributed by atoms with Gasteiger partial charge in [0, 0.05) is 32.9 Å². The SMILES string of the molecule is CNC(=O)CCNC(=O)NC(=O)CC(C)CC(=O)O. The number of carboxylic acid groups (broad SMARTS) is 1. The summed E-state index contributed by atoms with van der Waals surface area (Å²) in [6.07, 6.45) is -0.0611. The Balaban J connectivity index is 3.83. The van der Waals surface area contributed by atoms with E-state index in [1.165, 1.54) is 7.05 Å². The number of amides is 4. The Labute approximate surface area is 110 Å². The molecule has 4 amide bonds. The third-order valence-corrected chi connectivity index (χ3v) is 2.23. The van der Waals surface area contributed by atoms with E-state index < -0.39 is 17.9 Å². The number of imide groups is 1. The summed E-state index contributed by atoms with van der Waals surface area (Å²) < 4.78 is 0. The van der Waals surface area contributed by atoms with Gasteiger partial charge in [-0.05, 0) is 5.92 Å². The number of aliphatic carboxylic acids is 1. The fourth-order valence-corrected chi connectivity index (χ4v) is 1.32. The Hall–Kier alpha value is -2.12. The van der Waals surface area contributed by atoms with Crippen LogP contribution in [0.2, 0.25) is 0 Å². The number of rotatable bonds is 7. The Morgan fingerprint density at radius 1 is 1.11 bits per heavy atom. The molecule has 0 bridgehead atoms. The lowest BCUT2D eigenvalue weighted by Crippen LogP contribution is -2.41. The van der Waals surface area contributed by atoms with Gasteiger partial charge in [-0.2, -0.15) is 0 Å². The van der Waals surface area contributed by atoms with Crippen LogP contribution in [0.4, 0.5) is 4.79 Å². The van der Waals surface area contributed by atoms with Crippen LogP contribution < -0.4 is 16.0 Å². The van der Waals surface area contributed by atoms with E-state index in [2.05, 4.69) is 16.0 Å². The lowest BCUT2D eigenvalue weighted by Gasteiger charge is -2.09. The van der Waals surface area contributed by atoms with Gasteiger partial charge in [-0.25, -0.2) is 4.79 Å². The summed E-state index contributed by atoms with van der Waals surface area (Å²) in [5.41, 5.74) is 0. The summed E-state index contributed by atoms with van der Waals surface area (Å²) >= 11 is 0. The zero-order valence-electron chi connectivity index (χ0n) is 11.0. The molecule has 1 unspecified atom stereocenters. The molecule has 8 nitrogen and oxygen atoms in total. The van der Waals surface area contributed by atoms with Crippen LogP contribution in [0.15, 0.2) is 0 Å². The molecule has 19 heavy (non-hydrogen) atoms. The van der Waals surface area contributed by atoms with Gasteiger partial charge in [0.25, 0.3) is 0 Å². The molecular formula is C11H19N3O5. The van der Waals surface area contributed by atoms with Gasteiger partial charge in [0.05, 0.1) is 0 Å². The van der Waals surface area contributed by atoms with Crippen LogP contribution in [0.5, 0.6) is 0 Å². The standard InChI is InChI=1S/C11H19N3O5/c1-7(6-10(17)18)5-9(16)14-11(19)13-4-3-8(15)12-2/h7H,3-6H2,1-2H3,(H,12,15)(H,17,18)(H2,13,14,16,19). The van der Waals surface area contributed by atoms with Crippen molar-refractivity contribution in [1.29, 1.82) is 0 Å². The summed E-state index contributed by atoms with van der Waals surface area (Å²) in [6.45, 7) is 1.72. The molecule has 0 fully saturated rings. The van der Waals surface area contributed by atoms with E-state index in [1.807, 2.05) is 0 Å². The van der Waals surface area contributed by atoms with Crippen molar-refractivity contribution in [3.05, 3.63) is 0 Å². The average Bonchev–Trinajstić information content (AvgIpc) is 2.26. The predicted molar refractivity (Wildman–Crippen MR) is 66.3 cm³/mol. The molecule has 1 atom stereocenters. The van der Waals surface area contributed by atoms with E-state index in [-0.39, 0.29) is 37.6 Å². The summed E-state index contributed by atoms with van der Waals surface area (Å²) in [4.78, 5) is 43.8. The molecule has 0 rings (SSSR count). The summed E-state index contributed by atoms with van der Waals surface area (Å²) in [5, 5.41) is 15.3. The monoisotopic (exact) mass is 273 g/mol.